The zero-order chi connectivity index (χ0) is 17.1. The van der Waals surface area contributed by atoms with Crippen molar-refractivity contribution >= 4 is 17.8 Å². The second-order valence-electron chi connectivity index (χ2n) is 4.83. The summed E-state index contributed by atoms with van der Waals surface area (Å²) in [5.41, 5.74) is -2.52. The van der Waals surface area contributed by atoms with Gasteiger partial charge in [-0.05, 0) is 0 Å². The van der Waals surface area contributed by atoms with Crippen LogP contribution in [0.2, 0.25) is 0 Å². The Hall–Kier alpha value is -1.75. The molecule has 10 heteroatoms. The van der Waals surface area contributed by atoms with E-state index in [1.807, 2.05) is 5.32 Å². The van der Waals surface area contributed by atoms with Gasteiger partial charge in [0, 0.05) is 20.8 Å². The quantitative estimate of drug-likeness (QED) is 0.322. The van der Waals surface area contributed by atoms with Gasteiger partial charge in [0.2, 0.25) is 11.6 Å². The third-order valence-electron chi connectivity index (χ3n) is 2.90. The van der Waals surface area contributed by atoms with Crippen molar-refractivity contribution in [1.29, 1.82) is 0 Å². The fourth-order valence-electron chi connectivity index (χ4n) is 2.10. The Kier molecular flexibility index (Phi) is 5.83. The average molecular weight is 321 g/mol. The number of nitrogens with one attached hydrogen (secondary N) is 1. The van der Waals surface area contributed by atoms with Gasteiger partial charge in [0.25, 0.3) is 6.29 Å². The van der Waals surface area contributed by atoms with Crippen molar-refractivity contribution in [3.8, 4) is 0 Å². The lowest BCUT2D eigenvalue weighted by molar-refractivity contribution is -0.339. The number of hydrogen-bond acceptors (Lipinski definition) is 9. The summed E-state index contributed by atoms with van der Waals surface area (Å²) in [4.78, 5) is 33.6. The highest BCUT2D eigenvalue weighted by Gasteiger charge is 2.59. The van der Waals surface area contributed by atoms with Crippen molar-refractivity contribution in [2.24, 2.45) is 0 Å². The van der Waals surface area contributed by atoms with Gasteiger partial charge in [0.05, 0.1) is 6.61 Å². The summed E-state index contributed by atoms with van der Waals surface area (Å²) in [6.07, 6.45) is -6.48. The van der Waals surface area contributed by atoms with E-state index >= 15 is 0 Å². The minimum Gasteiger partial charge on any atom is -0.454 e. The van der Waals surface area contributed by atoms with Crippen molar-refractivity contribution < 1.29 is 43.9 Å². The van der Waals surface area contributed by atoms with E-state index in [9.17, 15) is 29.7 Å². The van der Waals surface area contributed by atoms with Gasteiger partial charge < -0.3 is 34.8 Å². The fourth-order valence-corrected chi connectivity index (χ4v) is 2.10. The number of ether oxygens (including phenoxy) is 3. The number of rotatable bonds is 4. The molecule has 0 aromatic heterocycles. The fraction of sp³-hybridized carbons (Fsp3) is 0.750. The first-order valence-corrected chi connectivity index (χ1v) is 6.41. The van der Waals surface area contributed by atoms with E-state index in [2.05, 4.69) is 0 Å². The monoisotopic (exact) mass is 321 g/mol. The van der Waals surface area contributed by atoms with Crippen LogP contribution in [0.3, 0.4) is 0 Å². The topological polar surface area (TPSA) is 152 Å². The van der Waals surface area contributed by atoms with Crippen LogP contribution in [0.5, 0.6) is 0 Å². The van der Waals surface area contributed by atoms with Crippen LogP contribution < -0.4 is 5.32 Å². The predicted octanol–water partition coefficient (Wildman–Crippen LogP) is -2.62. The molecule has 0 radical (unpaired) electrons. The Balaban J connectivity index is 3.24. The molecule has 126 valence electrons. The molecule has 1 aliphatic heterocycles. The largest absolute Gasteiger partial charge is 0.454 e. The van der Waals surface area contributed by atoms with Crippen LogP contribution in [-0.2, 0) is 28.6 Å². The number of amides is 1. The zero-order valence-corrected chi connectivity index (χ0v) is 12.3. The smallest absolute Gasteiger partial charge is 0.305 e. The van der Waals surface area contributed by atoms with E-state index in [4.69, 9.17) is 14.2 Å². The number of carbonyl (C=O) groups excluding carboxylic acids is 3. The van der Waals surface area contributed by atoms with Gasteiger partial charge >= 0.3 is 11.9 Å². The number of carbonyl (C=O) groups is 3. The molecular formula is C12H19NO9. The van der Waals surface area contributed by atoms with Crippen LogP contribution in [0.4, 0.5) is 0 Å². The lowest BCUT2D eigenvalue weighted by atomic mass is 9.93. The first-order chi connectivity index (χ1) is 10.1. The summed E-state index contributed by atoms with van der Waals surface area (Å²) in [5.74, 6) is -2.48. The highest BCUT2D eigenvalue weighted by atomic mass is 16.7. The summed E-state index contributed by atoms with van der Waals surface area (Å²) in [5, 5.41) is 31.9. The van der Waals surface area contributed by atoms with Gasteiger partial charge in [0.15, 0.2) is 6.10 Å². The van der Waals surface area contributed by atoms with Gasteiger partial charge in [-0.1, -0.05) is 0 Å². The number of aliphatic hydroxyl groups excluding tert-OH is 2. The maximum absolute atomic E-state index is 11.3. The Morgan fingerprint density at radius 2 is 1.73 bits per heavy atom. The molecule has 1 amide bonds. The number of hydrogen-bond donors (Lipinski definition) is 4. The van der Waals surface area contributed by atoms with Crippen molar-refractivity contribution in [3.05, 3.63) is 0 Å². The maximum atomic E-state index is 11.3. The molecule has 4 N–H and O–H groups in total. The van der Waals surface area contributed by atoms with Crippen LogP contribution in [0, 0.1) is 0 Å². The SMILES string of the molecule is CC(=O)N[C@]1(O)[C@@H](OC(C)=O)O[C@H](CO)[C@@H](O)[C@@H]1OC(C)=O. The first kappa shape index (κ1) is 18.3. The summed E-state index contributed by atoms with van der Waals surface area (Å²) in [7, 11) is 0. The molecule has 0 aromatic carbocycles. The summed E-state index contributed by atoms with van der Waals surface area (Å²) in [6.45, 7) is 2.40. The van der Waals surface area contributed by atoms with Gasteiger partial charge in [-0.3, -0.25) is 14.4 Å². The maximum Gasteiger partial charge on any atom is 0.305 e. The second-order valence-corrected chi connectivity index (χ2v) is 4.83. The van der Waals surface area contributed by atoms with E-state index < -0.39 is 54.8 Å². The molecule has 10 nitrogen and oxygen atoms in total. The van der Waals surface area contributed by atoms with Crippen LogP contribution >= 0.6 is 0 Å². The Morgan fingerprint density at radius 1 is 1.18 bits per heavy atom. The molecule has 0 unspecified atom stereocenters. The molecule has 1 aliphatic rings. The summed E-state index contributed by atoms with van der Waals surface area (Å²) in [6, 6.07) is 0. The first-order valence-electron chi connectivity index (χ1n) is 6.41. The number of aliphatic hydroxyl groups is 3. The third-order valence-corrected chi connectivity index (χ3v) is 2.90. The molecule has 5 atom stereocenters. The molecule has 1 rings (SSSR count). The van der Waals surface area contributed by atoms with E-state index in [1.165, 1.54) is 0 Å². The van der Waals surface area contributed by atoms with Crippen molar-refractivity contribution in [2.75, 3.05) is 6.61 Å². The molecule has 0 aliphatic carbocycles. The van der Waals surface area contributed by atoms with Gasteiger partial charge in [0.1, 0.15) is 12.2 Å². The summed E-state index contributed by atoms with van der Waals surface area (Å²) < 4.78 is 14.7. The Bertz CT molecular complexity index is 454. The second kappa shape index (κ2) is 7.01. The summed E-state index contributed by atoms with van der Waals surface area (Å²) >= 11 is 0. The molecule has 1 fully saturated rings. The van der Waals surface area contributed by atoms with Crippen LogP contribution in [0.1, 0.15) is 20.8 Å². The van der Waals surface area contributed by atoms with Gasteiger partial charge in [-0.25, -0.2) is 0 Å². The molecule has 1 saturated heterocycles. The average Bonchev–Trinajstić information content (AvgIpc) is 2.36. The van der Waals surface area contributed by atoms with Crippen molar-refractivity contribution in [2.45, 2.75) is 51.1 Å². The molecule has 22 heavy (non-hydrogen) atoms. The lowest BCUT2D eigenvalue weighted by Gasteiger charge is -2.47. The Labute approximate surface area is 126 Å². The minimum absolute atomic E-state index is 0.702. The molecule has 1 heterocycles. The normalized spacial score (nSPS) is 34.6. The van der Waals surface area contributed by atoms with Crippen molar-refractivity contribution in [3.63, 3.8) is 0 Å². The highest BCUT2D eigenvalue weighted by molar-refractivity contribution is 5.74. The van der Waals surface area contributed by atoms with E-state index in [-0.39, 0.29) is 0 Å². The van der Waals surface area contributed by atoms with E-state index in [0.29, 0.717) is 0 Å². The molecular weight excluding hydrogens is 302 g/mol. The predicted molar refractivity (Wildman–Crippen MR) is 67.8 cm³/mol. The van der Waals surface area contributed by atoms with E-state index in [1.54, 1.807) is 0 Å². The highest BCUT2D eigenvalue weighted by Crippen LogP contribution is 2.31. The van der Waals surface area contributed by atoms with Crippen LogP contribution in [0.15, 0.2) is 0 Å². The van der Waals surface area contributed by atoms with Crippen LogP contribution in [-0.4, -0.2) is 70.1 Å². The van der Waals surface area contributed by atoms with Gasteiger partial charge in [-0.2, -0.15) is 0 Å². The zero-order valence-electron chi connectivity index (χ0n) is 12.3. The van der Waals surface area contributed by atoms with Gasteiger partial charge in [-0.15, -0.1) is 0 Å². The minimum atomic E-state index is -2.52. The third kappa shape index (κ3) is 3.91. The van der Waals surface area contributed by atoms with E-state index in [0.717, 1.165) is 20.8 Å². The van der Waals surface area contributed by atoms with Crippen molar-refractivity contribution in [1.82, 2.24) is 5.32 Å². The Morgan fingerprint density at radius 3 is 2.14 bits per heavy atom. The molecule has 0 bridgehead atoms. The molecule has 0 aromatic rings. The molecule has 0 spiro atoms. The molecule has 0 saturated carbocycles. The lowest BCUT2D eigenvalue weighted by Crippen LogP contribution is -2.74. The standard InChI is InChI=1S/C12H19NO9/c1-5(15)13-12(19)10(20-6(2)16)9(18)8(4-14)22-11(12)21-7(3)17/h8-11,14,18-19H,4H2,1-3H3,(H,13,15)/t8-,9-,10+,11+,12-/m1/s1. The van der Waals surface area contributed by atoms with Crippen LogP contribution in [0.25, 0.3) is 0 Å². The number of esters is 2.